The third-order valence-electron chi connectivity index (χ3n) is 2.69. The van der Waals surface area contributed by atoms with E-state index in [2.05, 4.69) is 30.6 Å². The quantitative estimate of drug-likeness (QED) is 0.709. The molecule has 8 heteroatoms. The van der Waals surface area contributed by atoms with E-state index in [1.165, 1.54) is 0 Å². The number of nitrogens with one attached hydrogen (secondary N) is 2. The number of nitrogens with zero attached hydrogens (tertiary/aromatic N) is 5. The second-order valence-corrected chi connectivity index (χ2v) is 4.59. The standard InChI is InChI=1S/C11H12ClN7/c1-7(6-19-4-2-3-14-19)15-9-8-5-13-18-10(8)17-11(12)16-9/h2-5,7H,6H2,1H3,(H2,13,15,16,17,18). The third kappa shape index (κ3) is 2.50. The molecule has 3 heterocycles. The number of fused-ring (bicyclic) bond motifs is 1. The second-order valence-electron chi connectivity index (χ2n) is 4.25. The lowest BCUT2D eigenvalue weighted by Crippen LogP contribution is -2.23. The van der Waals surface area contributed by atoms with Crippen molar-refractivity contribution < 1.29 is 0 Å². The Morgan fingerprint density at radius 2 is 2.37 bits per heavy atom. The topological polar surface area (TPSA) is 84.3 Å². The van der Waals surface area contributed by atoms with Crippen molar-refractivity contribution in [2.45, 2.75) is 19.5 Å². The molecular weight excluding hydrogens is 266 g/mol. The Morgan fingerprint density at radius 3 is 3.16 bits per heavy atom. The first-order valence-electron chi connectivity index (χ1n) is 5.83. The van der Waals surface area contributed by atoms with Gasteiger partial charge in [-0.1, -0.05) is 0 Å². The highest BCUT2D eigenvalue weighted by Gasteiger charge is 2.11. The molecule has 0 spiro atoms. The van der Waals surface area contributed by atoms with Crippen molar-refractivity contribution in [3.63, 3.8) is 0 Å². The van der Waals surface area contributed by atoms with Crippen molar-refractivity contribution in [3.05, 3.63) is 29.9 Å². The van der Waals surface area contributed by atoms with Crippen molar-refractivity contribution in [1.82, 2.24) is 29.9 Å². The van der Waals surface area contributed by atoms with Gasteiger partial charge in [0.1, 0.15) is 5.82 Å². The molecule has 7 nitrogen and oxygen atoms in total. The fourth-order valence-corrected chi connectivity index (χ4v) is 2.05. The van der Waals surface area contributed by atoms with Crippen LogP contribution in [0.3, 0.4) is 0 Å². The van der Waals surface area contributed by atoms with E-state index < -0.39 is 0 Å². The molecule has 0 aliphatic heterocycles. The fraction of sp³-hybridized carbons (Fsp3) is 0.273. The lowest BCUT2D eigenvalue weighted by atomic mass is 10.3. The average molecular weight is 278 g/mol. The Morgan fingerprint density at radius 1 is 1.47 bits per heavy atom. The van der Waals surface area contributed by atoms with Crippen LogP contribution in [-0.4, -0.2) is 36.0 Å². The molecule has 0 radical (unpaired) electrons. The molecule has 3 aromatic rings. The van der Waals surface area contributed by atoms with Gasteiger partial charge in [-0.25, -0.2) is 0 Å². The third-order valence-corrected chi connectivity index (χ3v) is 2.85. The van der Waals surface area contributed by atoms with E-state index in [-0.39, 0.29) is 11.3 Å². The van der Waals surface area contributed by atoms with Crippen LogP contribution in [0, 0.1) is 0 Å². The largest absolute Gasteiger partial charge is 0.365 e. The van der Waals surface area contributed by atoms with Crippen LogP contribution >= 0.6 is 11.6 Å². The highest BCUT2D eigenvalue weighted by Crippen LogP contribution is 2.20. The van der Waals surface area contributed by atoms with Crippen molar-refractivity contribution in [2.75, 3.05) is 5.32 Å². The molecule has 0 saturated carbocycles. The summed E-state index contributed by atoms with van der Waals surface area (Å²) in [7, 11) is 0. The van der Waals surface area contributed by atoms with E-state index in [0.717, 1.165) is 11.9 Å². The summed E-state index contributed by atoms with van der Waals surface area (Å²) in [6.45, 7) is 2.78. The molecule has 0 amide bonds. The van der Waals surface area contributed by atoms with E-state index >= 15 is 0 Å². The van der Waals surface area contributed by atoms with Crippen LogP contribution in [0.2, 0.25) is 5.28 Å². The zero-order chi connectivity index (χ0) is 13.2. The van der Waals surface area contributed by atoms with E-state index in [4.69, 9.17) is 11.6 Å². The SMILES string of the molecule is CC(Cn1cccn1)Nc1nc(Cl)nc2[nH]ncc12. The molecule has 98 valence electrons. The fourth-order valence-electron chi connectivity index (χ4n) is 1.89. The van der Waals surface area contributed by atoms with Gasteiger partial charge in [-0.3, -0.25) is 9.78 Å². The molecule has 1 atom stereocenters. The van der Waals surface area contributed by atoms with Gasteiger partial charge in [0.25, 0.3) is 0 Å². The highest BCUT2D eigenvalue weighted by atomic mass is 35.5. The first-order chi connectivity index (χ1) is 9.22. The van der Waals surface area contributed by atoms with Crippen LogP contribution in [0.4, 0.5) is 5.82 Å². The number of hydrogen-bond donors (Lipinski definition) is 2. The van der Waals surface area contributed by atoms with Crippen LogP contribution in [0.25, 0.3) is 11.0 Å². The Kier molecular flexibility index (Phi) is 3.04. The highest BCUT2D eigenvalue weighted by molar-refractivity contribution is 6.28. The molecule has 0 aliphatic rings. The summed E-state index contributed by atoms with van der Waals surface area (Å²) in [5.41, 5.74) is 0.619. The molecular formula is C11H12ClN7. The first kappa shape index (κ1) is 11.9. The zero-order valence-electron chi connectivity index (χ0n) is 10.2. The summed E-state index contributed by atoms with van der Waals surface area (Å²) in [6, 6.07) is 2.03. The average Bonchev–Trinajstić information content (AvgIpc) is 2.99. The molecule has 0 fully saturated rings. The molecule has 2 N–H and O–H groups in total. The predicted octanol–water partition coefficient (Wildman–Crippen LogP) is 1.70. The Labute approximate surface area is 114 Å². The number of halogens is 1. The molecule has 0 aromatic carbocycles. The summed E-state index contributed by atoms with van der Waals surface area (Å²) in [5.74, 6) is 0.670. The molecule has 3 rings (SSSR count). The first-order valence-corrected chi connectivity index (χ1v) is 6.21. The van der Waals surface area contributed by atoms with Gasteiger partial charge in [0.15, 0.2) is 5.65 Å². The predicted molar refractivity (Wildman–Crippen MR) is 72.0 cm³/mol. The van der Waals surface area contributed by atoms with E-state index in [0.29, 0.717) is 11.5 Å². The van der Waals surface area contributed by atoms with Crippen LogP contribution in [0.1, 0.15) is 6.92 Å². The van der Waals surface area contributed by atoms with Crippen molar-refractivity contribution in [1.29, 1.82) is 0 Å². The molecule has 0 bridgehead atoms. The smallest absolute Gasteiger partial charge is 0.226 e. The number of aromatic amines is 1. The minimum absolute atomic E-state index is 0.143. The minimum Gasteiger partial charge on any atom is -0.365 e. The minimum atomic E-state index is 0.143. The van der Waals surface area contributed by atoms with Gasteiger partial charge in [0.05, 0.1) is 18.1 Å². The summed E-state index contributed by atoms with van der Waals surface area (Å²) in [6.07, 6.45) is 5.34. The maximum atomic E-state index is 5.88. The Hall–Kier alpha value is -2.15. The van der Waals surface area contributed by atoms with Gasteiger partial charge in [-0.15, -0.1) is 0 Å². The van der Waals surface area contributed by atoms with Crippen molar-refractivity contribution in [2.24, 2.45) is 0 Å². The number of hydrogen-bond acceptors (Lipinski definition) is 5. The van der Waals surface area contributed by atoms with Crippen LogP contribution < -0.4 is 5.32 Å². The van der Waals surface area contributed by atoms with Crippen LogP contribution in [-0.2, 0) is 6.54 Å². The van der Waals surface area contributed by atoms with Gasteiger partial charge < -0.3 is 5.32 Å². The monoisotopic (exact) mass is 277 g/mol. The number of aromatic nitrogens is 6. The van der Waals surface area contributed by atoms with Crippen LogP contribution in [0.5, 0.6) is 0 Å². The molecule has 1 unspecified atom stereocenters. The maximum absolute atomic E-state index is 5.88. The van der Waals surface area contributed by atoms with E-state index in [9.17, 15) is 0 Å². The number of anilines is 1. The zero-order valence-corrected chi connectivity index (χ0v) is 11.0. The lowest BCUT2D eigenvalue weighted by Gasteiger charge is -2.15. The summed E-state index contributed by atoms with van der Waals surface area (Å²) in [5, 5.41) is 15.2. The summed E-state index contributed by atoms with van der Waals surface area (Å²) < 4.78 is 1.85. The van der Waals surface area contributed by atoms with Gasteiger partial charge >= 0.3 is 0 Å². The lowest BCUT2D eigenvalue weighted by molar-refractivity contribution is 0.560. The summed E-state index contributed by atoms with van der Waals surface area (Å²) in [4.78, 5) is 8.25. The van der Waals surface area contributed by atoms with Crippen molar-refractivity contribution in [3.8, 4) is 0 Å². The molecule has 0 aliphatic carbocycles. The Bertz CT molecular complexity index is 675. The van der Waals surface area contributed by atoms with E-state index in [1.807, 2.05) is 23.9 Å². The van der Waals surface area contributed by atoms with Gasteiger partial charge in [-0.2, -0.15) is 20.2 Å². The van der Waals surface area contributed by atoms with Crippen LogP contribution in [0.15, 0.2) is 24.7 Å². The van der Waals surface area contributed by atoms with Crippen molar-refractivity contribution >= 4 is 28.5 Å². The molecule has 3 aromatic heterocycles. The molecule has 19 heavy (non-hydrogen) atoms. The van der Waals surface area contributed by atoms with Gasteiger partial charge in [0.2, 0.25) is 5.28 Å². The maximum Gasteiger partial charge on any atom is 0.226 e. The second kappa shape index (κ2) is 4.85. The number of rotatable bonds is 4. The van der Waals surface area contributed by atoms with Gasteiger partial charge in [-0.05, 0) is 24.6 Å². The van der Waals surface area contributed by atoms with Gasteiger partial charge in [0, 0.05) is 18.4 Å². The summed E-state index contributed by atoms with van der Waals surface area (Å²) >= 11 is 5.88. The number of H-pyrrole nitrogens is 1. The normalized spacial score (nSPS) is 12.7. The molecule has 0 saturated heterocycles. The Balaban J connectivity index is 1.82. The van der Waals surface area contributed by atoms with E-state index in [1.54, 1.807) is 12.4 Å².